The number of nitrogens with zero attached hydrogens (tertiary/aromatic N) is 1. The van der Waals surface area contributed by atoms with Crippen LogP contribution in [0, 0.1) is 35.9 Å². The first-order chi connectivity index (χ1) is 13.3. The summed E-state index contributed by atoms with van der Waals surface area (Å²) in [6.07, 6.45) is -0.414. The van der Waals surface area contributed by atoms with Crippen LogP contribution in [-0.4, -0.2) is 42.5 Å². The van der Waals surface area contributed by atoms with Crippen molar-refractivity contribution in [3.63, 3.8) is 0 Å². The third-order valence-electron chi connectivity index (χ3n) is 3.85. The van der Waals surface area contributed by atoms with Gasteiger partial charge in [-0.3, -0.25) is 9.59 Å². The predicted molar refractivity (Wildman–Crippen MR) is 110 cm³/mol. The Kier molecular flexibility index (Phi) is 42.6. The van der Waals surface area contributed by atoms with Gasteiger partial charge in [-0.2, -0.15) is 6.61 Å². The molecule has 33 heavy (non-hydrogen) atoms. The van der Waals surface area contributed by atoms with Crippen LogP contribution in [0.5, 0.6) is 0 Å². The van der Waals surface area contributed by atoms with Gasteiger partial charge < -0.3 is 24.2 Å². The summed E-state index contributed by atoms with van der Waals surface area (Å²) in [5, 5.41) is 10.7. The zero-order valence-corrected chi connectivity index (χ0v) is 39.8. The Labute approximate surface area is 214 Å². The van der Waals surface area contributed by atoms with Gasteiger partial charge in [-0.15, -0.1) is 4.91 Å². The largest absolute Gasteiger partial charge is 0.525 e. The first kappa shape index (κ1) is 47.9. The second-order valence-corrected chi connectivity index (χ2v) is 7.41. The van der Waals surface area contributed by atoms with Crippen LogP contribution in [0.2, 0.25) is 0 Å². The van der Waals surface area contributed by atoms with Crippen molar-refractivity contribution in [1.82, 2.24) is 0 Å². The number of hydrogen-bond acceptors (Lipinski definition) is 9. The molecule has 0 saturated heterocycles. The number of ether oxygens (including phenoxy) is 3. The summed E-state index contributed by atoms with van der Waals surface area (Å²) in [5.74, 6) is -0.148. The molecule has 0 bridgehead atoms. The second kappa shape index (κ2) is 29.3. The molecule has 0 aliphatic heterocycles. The first-order valence-electron chi connectivity index (χ1n) is 9.56. The van der Waals surface area contributed by atoms with E-state index < -0.39 is 11.9 Å². The van der Waals surface area contributed by atoms with E-state index in [1.165, 1.54) is 7.11 Å². The summed E-state index contributed by atoms with van der Waals surface area (Å²) in [5.41, 5.74) is 0. The van der Waals surface area contributed by atoms with Gasteiger partial charge in [0.1, 0.15) is 5.34 Å². The number of hydrogen-bond donors (Lipinski definition) is 1. The SMILES string of the molecule is CC(C)C(C)O.CC(C)C(C)OC(=O)[CH-]ON=O.CO[CH-]C(=O)OC(C)C(C)C.[Re].[Re].[Rf].[Rf]. The van der Waals surface area contributed by atoms with Crippen LogP contribution in [0.1, 0.15) is 62.3 Å². The fraction of sp³-hybridized carbons (Fsp3) is 0.800. The number of carbonyl (C=O) groups is 2. The fourth-order valence-corrected chi connectivity index (χ4v) is 0.855. The van der Waals surface area contributed by atoms with E-state index >= 15 is 0 Å². The minimum atomic E-state index is -0.698. The Morgan fingerprint density at radius 3 is 1.24 bits per heavy atom. The Morgan fingerprint density at radius 1 is 0.727 bits per heavy atom. The minimum Gasteiger partial charge on any atom is -0.525 e. The molecule has 9 nitrogen and oxygen atoms in total. The molecular weight excluding hydrogens is 1290 g/mol. The van der Waals surface area contributed by atoms with E-state index in [0.29, 0.717) is 18.4 Å². The van der Waals surface area contributed by atoms with Crippen molar-refractivity contribution < 1.29 is 74.6 Å². The van der Waals surface area contributed by atoms with Crippen LogP contribution >= 0.6 is 0 Å². The molecule has 0 heterocycles. The molecule has 3 unspecified atom stereocenters. The molecule has 0 aliphatic carbocycles. The van der Waals surface area contributed by atoms with Crippen LogP contribution in [0.15, 0.2) is 5.34 Å². The second-order valence-electron chi connectivity index (χ2n) is 7.41. The van der Waals surface area contributed by atoms with Gasteiger partial charge in [0.05, 0.1) is 18.3 Å². The number of aliphatic hydroxyl groups is 1. The molecule has 192 valence electrons. The third kappa shape index (κ3) is 37.0. The van der Waals surface area contributed by atoms with Gasteiger partial charge in [0.2, 0.25) is 5.97 Å². The average molecular weight is 1330 g/mol. The van der Waals surface area contributed by atoms with Gasteiger partial charge in [-0.1, -0.05) is 48.1 Å². The van der Waals surface area contributed by atoms with Crippen LogP contribution in [0.25, 0.3) is 0 Å². The van der Waals surface area contributed by atoms with E-state index in [2.05, 4.69) is 9.57 Å². The Balaban J connectivity index is -0.0000000605. The maximum atomic E-state index is 10.8. The summed E-state index contributed by atoms with van der Waals surface area (Å²) in [4.78, 5) is 34.7. The molecule has 0 aliphatic rings. The maximum Gasteiger partial charge on any atom is 0.204 e. The zero-order chi connectivity index (χ0) is 23.6. The van der Waals surface area contributed by atoms with Gasteiger partial charge >= 0.3 is 0 Å². The summed E-state index contributed by atoms with van der Waals surface area (Å²) < 4.78 is 14.2. The molecule has 0 aromatic rings. The van der Waals surface area contributed by atoms with Crippen LogP contribution in [-0.2, 0) is 69.5 Å². The predicted octanol–water partition coefficient (Wildman–Crippen LogP) is 3.83. The van der Waals surface area contributed by atoms with Crippen LogP contribution in [0.3, 0.4) is 0 Å². The molecule has 0 fully saturated rings. The molecule has 0 saturated carbocycles. The molecule has 0 amide bonds. The van der Waals surface area contributed by atoms with Gasteiger partial charge in [0, 0.05) is 48.0 Å². The first-order valence-corrected chi connectivity index (χ1v) is 9.56. The van der Waals surface area contributed by atoms with Crippen molar-refractivity contribution in [3.05, 3.63) is 18.1 Å². The monoisotopic (exact) mass is 1330 g/mol. The summed E-state index contributed by atoms with van der Waals surface area (Å²) in [6, 6.07) is 0. The average Bonchev–Trinajstić information content (AvgIpc) is 2.60. The van der Waals surface area contributed by atoms with Crippen molar-refractivity contribution in [2.75, 3.05) is 7.11 Å². The molecule has 3 atom stereocenters. The van der Waals surface area contributed by atoms with E-state index in [0.717, 1.165) is 6.61 Å². The maximum absolute atomic E-state index is 10.8. The smallest absolute Gasteiger partial charge is 0.204 e. The quantitative estimate of drug-likeness (QED) is 0.152. The standard InChI is InChI=1S/C8H15O3.C7H12NO4.C5H12O.2Re.2Rf/c1-6(2)7(3)11-8(9)5-10-4;1-5(2)6(3)12-7(9)4-11-8-10;1-4(2)5(3)6;;;;/h5-7H,1-4H3;4-6H,1-3H3;4-6H,1-3H3;;;;/q2*-1;;;;;. The molecule has 1 N–H and O–H groups in total. The fourth-order valence-electron chi connectivity index (χ4n) is 0.855. The molecule has 0 aromatic heterocycles. The summed E-state index contributed by atoms with van der Waals surface area (Å²) in [6.45, 7) is 18.9. The van der Waals surface area contributed by atoms with Gasteiger partial charge in [-0.05, 0) is 38.5 Å². The Hall–Kier alpha value is -2.68. The van der Waals surface area contributed by atoms with Gasteiger partial charge in [0.25, 0.3) is 0 Å². The Morgan fingerprint density at radius 2 is 1.03 bits per heavy atom. The van der Waals surface area contributed by atoms with E-state index in [1.807, 2.05) is 53.8 Å². The number of esters is 2. The molecule has 0 spiro atoms. The van der Waals surface area contributed by atoms with Crippen LogP contribution < -0.4 is 0 Å². The van der Waals surface area contributed by atoms with Crippen molar-refractivity contribution in [3.8, 4) is 0 Å². The molecule has 13 heteroatoms. The normalized spacial score (nSPS) is 11.5. The summed E-state index contributed by atoms with van der Waals surface area (Å²) in [7, 11) is 1.42. The van der Waals surface area contributed by atoms with Gasteiger partial charge in [0.15, 0.2) is 5.97 Å². The van der Waals surface area contributed by atoms with Gasteiger partial charge in [-0.25, -0.2) is 0 Å². The number of methoxy groups -OCH3 is 1. The minimum absolute atomic E-state index is 0. The molecular formula is C20H39NO8Re2Rf2-2. The molecule has 2 radical (unpaired) electrons. The molecule has 0 aromatic carbocycles. The van der Waals surface area contributed by atoms with Crippen molar-refractivity contribution in [2.45, 2.75) is 80.6 Å². The Bertz CT molecular complexity index is 440. The summed E-state index contributed by atoms with van der Waals surface area (Å²) >= 11 is 0. The number of carbonyl (C=O) groups excluding carboxylic acids is 2. The number of aliphatic hydroxyl groups excluding tert-OH is 1. The van der Waals surface area contributed by atoms with Crippen molar-refractivity contribution in [1.29, 1.82) is 0 Å². The van der Waals surface area contributed by atoms with Crippen molar-refractivity contribution in [2.24, 2.45) is 23.1 Å². The van der Waals surface area contributed by atoms with E-state index in [9.17, 15) is 14.5 Å². The van der Waals surface area contributed by atoms with E-state index in [1.54, 1.807) is 13.8 Å². The number of rotatable bonds is 10. The van der Waals surface area contributed by atoms with Crippen LogP contribution in [0.4, 0.5) is 0 Å². The third-order valence-corrected chi connectivity index (χ3v) is 3.85. The van der Waals surface area contributed by atoms with Crippen molar-refractivity contribution >= 4 is 11.9 Å². The topological polar surface area (TPSA) is 121 Å². The molecule has 0 rings (SSSR count). The van der Waals surface area contributed by atoms with E-state index in [4.69, 9.17) is 14.6 Å². The zero-order valence-electron chi connectivity index (χ0n) is 21.5. The van der Waals surface area contributed by atoms with E-state index in [-0.39, 0.29) is 65.1 Å².